The van der Waals surface area contributed by atoms with E-state index in [-0.39, 0.29) is 0 Å². The topological polar surface area (TPSA) is 63.6 Å². The lowest BCUT2D eigenvalue weighted by Crippen LogP contribution is -2.04. The highest BCUT2D eigenvalue weighted by atomic mass is 32.2. The first-order valence-electron chi connectivity index (χ1n) is 6.71. The lowest BCUT2D eigenvalue weighted by Gasteiger charge is -2.11. The van der Waals surface area contributed by atoms with E-state index in [4.69, 9.17) is 4.98 Å². The number of aryl methyl sites for hydroxylation is 1. The molecular formula is C14H17N5S. The van der Waals surface area contributed by atoms with Gasteiger partial charge in [-0.15, -0.1) is 0 Å². The zero-order valence-electron chi connectivity index (χ0n) is 11.8. The second kappa shape index (κ2) is 5.36. The van der Waals surface area contributed by atoms with Crippen molar-refractivity contribution >= 4 is 17.6 Å². The lowest BCUT2D eigenvalue weighted by atomic mass is 10.3. The maximum absolute atomic E-state index is 4.70. The fourth-order valence-electron chi connectivity index (χ4n) is 1.94. The van der Waals surface area contributed by atoms with E-state index in [1.165, 1.54) is 24.6 Å². The van der Waals surface area contributed by atoms with Crippen LogP contribution in [0.1, 0.15) is 35.8 Å². The molecular weight excluding hydrogens is 270 g/mol. The number of nitrogens with zero attached hydrogens (tertiary/aromatic N) is 4. The second-order valence-corrected chi connectivity index (χ2v) is 5.92. The van der Waals surface area contributed by atoms with Gasteiger partial charge in [0.1, 0.15) is 16.7 Å². The van der Waals surface area contributed by atoms with Crippen molar-refractivity contribution in [1.29, 1.82) is 0 Å². The summed E-state index contributed by atoms with van der Waals surface area (Å²) >= 11 is 1.50. The maximum atomic E-state index is 4.70. The van der Waals surface area contributed by atoms with Gasteiger partial charge >= 0.3 is 0 Å². The average molecular weight is 287 g/mol. The molecule has 1 aliphatic carbocycles. The summed E-state index contributed by atoms with van der Waals surface area (Å²) in [5.41, 5.74) is 2.01. The summed E-state index contributed by atoms with van der Waals surface area (Å²) in [6.45, 7) is 3.99. The van der Waals surface area contributed by atoms with Gasteiger partial charge in [0.05, 0.1) is 0 Å². The first-order valence-corrected chi connectivity index (χ1v) is 7.53. The Balaban J connectivity index is 1.97. The van der Waals surface area contributed by atoms with E-state index >= 15 is 0 Å². The molecule has 2 aromatic rings. The maximum Gasteiger partial charge on any atom is 0.194 e. The Hall–Kier alpha value is -1.69. The highest BCUT2D eigenvalue weighted by molar-refractivity contribution is 7.99. The van der Waals surface area contributed by atoms with Crippen LogP contribution in [0.2, 0.25) is 0 Å². The van der Waals surface area contributed by atoms with Crippen LogP contribution in [0.15, 0.2) is 22.4 Å². The van der Waals surface area contributed by atoms with E-state index in [0.29, 0.717) is 5.92 Å². The molecule has 0 amide bonds. The standard InChI is InChI=1S/C14H17N5S/c1-8-6-7-16-14(17-8)20-13-9(2)11(15-3)18-12(19-13)10-4-5-10/h6-7,10H,4-5H2,1-3H3,(H,15,18,19). The highest BCUT2D eigenvalue weighted by Gasteiger charge is 2.28. The van der Waals surface area contributed by atoms with Crippen LogP contribution < -0.4 is 5.32 Å². The Bertz CT molecular complexity index is 639. The van der Waals surface area contributed by atoms with Crippen molar-refractivity contribution in [2.75, 3.05) is 12.4 Å². The molecule has 1 N–H and O–H groups in total. The van der Waals surface area contributed by atoms with Gasteiger partial charge in [-0.1, -0.05) is 0 Å². The van der Waals surface area contributed by atoms with E-state index in [0.717, 1.165) is 33.1 Å². The first-order chi connectivity index (χ1) is 9.67. The van der Waals surface area contributed by atoms with Gasteiger partial charge in [0.2, 0.25) is 0 Å². The summed E-state index contributed by atoms with van der Waals surface area (Å²) in [6, 6.07) is 1.89. The summed E-state index contributed by atoms with van der Waals surface area (Å²) < 4.78 is 0. The average Bonchev–Trinajstić information content (AvgIpc) is 3.25. The van der Waals surface area contributed by atoms with Crippen molar-refractivity contribution in [1.82, 2.24) is 19.9 Å². The van der Waals surface area contributed by atoms with Crippen LogP contribution in [0.4, 0.5) is 5.82 Å². The van der Waals surface area contributed by atoms with Gasteiger partial charge in [-0.3, -0.25) is 0 Å². The summed E-state index contributed by atoms with van der Waals surface area (Å²) in [5.74, 6) is 2.37. The zero-order chi connectivity index (χ0) is 14.1. The summed E-state index contributed by atoms with van der Waals surface area (Å²) in [7, 11) is 1.89. The summed E-state index contributed by atoms with van der Waals surface area (Å²) in [4.78, 5) is 18.0. The molecule has 0 atom stereocenters. The van der Waals surface area contributed by atoms with Crippen LogP contribution in [-0.4, -0.2) is 27.0 Å². The van der Waals surface area contributed by atoms with Crippen LogP contribution in [0.5, 0.6) is 0 Å². The molecule has 0 unspecified atom stereocenters. The number of anilines is 1. The van der Waals surface area contributed by atoms with Crippen LogP contribution in [0.3, 0.4) is 0 Å². The van der Waals surface area contributed by atoms with Gasteiger partial charge in [0.15, 0.2) is 5.16 Å². The normalized spacial score (nSPS) is 14.3. The van der Waals surface area contributed by atoms with E-state index in [1.807, 2.05) is 27.0 Å². The molecule has 2 heterocycles. The van der Waals surface area contributed by atoms with Crippen molar-refractivity contribution in [3.63, 3.8) is 0 Å². The van der Waals surface area contributed by atoms with Gasteiger partial charge in [-0.2, -0.15) is 0 Å². The van der Waals surface area contributed by atoms with E-state index in [9.17, 15) is 0 Å². The molecule has 5 nitrogen and oxygen atoms in total. The van der Waals surface area contributed by atoms with Crippen LogP contribution in [0.25, 0.3) is 0 Å². The minimum atomic E-state index is 0.528. The molecule has 1 fully saturated rings. The third-order valence-corrected chi connectivity index (χ3v) is 4.23. The molecule has 2 aromatic heterocycles. The van der Waals surface area contributed by atoms with Crippen molar-refractivity contribution in [3.05, 3.63) is 29.3 Å². The molecule has 0 spiro atoms. The number of aromatic nitrogens is 4. The van der Waals surface area contributed by atoms with E-state index in [2.05, 4.69) is 20.3 Å². The van der Waals surface area contributed by atoms with Crippen molar-refractivity contribution < 1.29 is 0 Å². The molecule has 20 heavy (non-hydrogen) atoms. The number of rotatable bonds is 4. The van der Waals surface area contributed by atoms with E-state index in [1.54, 1.807) is 6.20 Å². The van der Waals surface area contributed by atoms with Gasteiger partial charge in [0.25, 0.3) is 0 Å². The monoisotopic (exact) mass is 287 g/mol. The SMILES string of the molecule is CNc1nc(C2CC2)nc(Sc2nccc(C)n2)c1C. The molecule has 3 rings (SSSR count). The Morgan fingerprint density at radius 3 is 2.65 bits per heavy atom. The number of hydrogen-bond acceptors (Lipinski definition) is 6. The van der Waals surface area contributed by atoms with Gasteiger partial charge in [0, 0.05) is 30.4 Å². The van der Waals surface area contributed by atoms with E-state index < -0.39 is 0 Å². The Labute approximate surface area is 122 Å². The molecule has 1 saturated carbocycles. The quantitative estimate of drug-likeness (QED) is 0.689. The summed E-state index contributed by atoms with van der Waals surface area (Å²) in [6.07, 6.45) is 4.16. The smallest absolute Gasteiger partial charge is 0.194 e. The molecule has 6 heteroatoms. The zero-order valence-corrected chi connectivity index (χ0v) is 12.7. The van der Waals surface area contributed by atoms with Crippen molar-refractivity contribution in [2.45, 2.75) is 42.8 Å². The van der Waals surface area contributed by atoms with Crippen LogP contribution >= 0.6 is 11.8 Å². The predicted octanol–water partition coefficient (Wildman–Crippen LogP) is 2.95. The molecule has 1 aliphatic rings. The summed E-state index contributed by atoms with van der Waals surface area (Å²) in [5, 5.41) is 4.82. The van der Waals surface area contributed by atoms with Crippen LogP contribution in [-0.2, 0) is 0 Å². The minimum Gasteiger partial charge on any atom is -0.373 e. The molecule has 0 aliphatic heterocycles. The Morgan fingerprint density at radius 1 is 1.20 bits per heavy atom. The molecule has 0 bridgehead atoms. The highest BCUT2D eigenvalue weighted by Crippen LogP contribution is 2.40. The fourth-order valence-corrected chi connectivity index (χ4v) is 2.81. The Kier molecular flexibility index (Phi) is 3.56. The number of nitrogens with one attached hydrogen (secondary N) is 1. The first kappa shape index (κ1) is 13.3. The molecule has 0 aromatic carbocycles. The van der Waals surface area contributed by atoms with Gasteiger partial charge in [-0.05, 0) is 44.5 Å². The predicted molar refractivity (Wildman–Crippen MR) is 79.2 cm³/mol. The third-order valence-electron chi connectivity index (χ3n) is 3.26. The molecule has 0 radical (unpaired) electrons. The second-order valence-electron chi connectivity index (χ2n) is 4.97. The van der Waals surface area contributed by atoms with Crippen LogP contribution in [0, 0.1) is 13.8 Å². The van der Waals surface area contributed by atoms with Gasteiger partial charge < -0.3 is 5.32 Å². The number of hydrogen-bond donors (Lipinski definition) is 1. The minimum absolute atomic E-state index is 0.528. The Morgan fingerprint density at radius 2 is 2.00 bits per heavy atom. The van der Waals surface area contributed by atoms with Crippen molar-refractivity contribution in [3.8, 4) is 0 Å². The van der Waals surface area contributed by atoms with Gasteiger partial charge in [-0.25, -0.2) is 19.9 Å². The molecule has 0 saturated heterocycles. The lowest BCUT2D eigenvalue weighted by molar-refractivity contribution is 0.858. The fraction of sp³-hybridized carbons (Fsp3) is 0.429. The third kappa shape index (κ3) is 2.75. The largest absolute Gasteiger partial charge is 0.373 e. The van der Waals surface area contributed by atoms with Crippen molar-refractivity contribution in [2.24, 2.45) is 0 Å². The molecule has 104 valence electrons.